The van der Waals surface area contributed by atoms with Crippen molar-refractivity contribution in [2.75, 3.05) is 6.61 Å². The van der Waals surface area contributed by atoms with Crippen molar-refractivity contribution in [3.63, 3.8) is 0 Å². The van der Waals surface area contributed by atoms with E-state index < -0.39 is 0 Å². The van der Waals surface area contributed by atoms with E-state index in [1.165, 1.54) is 0 Å². The van der Waals surface area contributed by atoms with E-state index in [2.05, 4.69) is 18.9 Å². The van der Waals surface area contributed by atoms with Crippen molar-refractivity contribution >= 4 is 6.29 Å². The number of hydrogen-bond donors (Lipinski definition) is 0. The van der Waals surface area contributed by atoms with Gasteiger partial charge in [0.15, 0.2) is 6.29 Å². The lowest BCUT2D eigenvalue weighted by Gasteiger charge is -2.13. The minimum absolute atomic E-state index is 0.0193. The highest BCUT2D eigenvalue weighted by molar-refractivity contribution is 5.76. The van der Waals surface area contributed by atoms with E-state index in [1.54, 1.807) is 0 Å². The molecule has 0 aliphatic carbocycles. The van der Waals surface area contributed by atoms with Gasteiger partial charge in [-0.05, 0) is 25.7 Å². The minimum atomic E-state index is 0.0193. The van der Waals surface area contributed by atoms with E-state index in [-0.39, 0.29) is 6.10 Å². The third-order valence-corrected chi connectivity index (χ3v) is 3.47. The topological polar surface area (TPSA) is 44.1 Å². The van der Waals surface area contributed by atoms with Gasteiger partial charge in [0.1, 0.15) is 11.8 Å². The van der Waals surface area contributed by atoms with Crippen LogP contribution in [0.15, 0.2) is 6.20 Å². The first-order valence-corrected chi connectivity index (χ1v) is 6.46. The Hall–Kier alpha value is -1.16. The van der Waals surface area contributed by atoms with Crippen molar-refractivity contribution in [1.82, 2.24) is 9.78 Å². The van der Waals surface area contributed by atoms with E-state index in [4.69, 9.17) is 4.74 Å². The van der Waals surface area contributed by atoms with Gasteiger partial charge in [0.25, 0.3) is 0 Å². The molecule has 0 spiro atoms. The Labute approximate surface area is 102 Å². The Morgan fingerprint density at radius 2 is 2.35 bits per heavy atom. The quantitative estimate of drug-likeness (QED) is 0.738. The summed E-state index contributed by atoms with van der Waals surface area (Å²) in [5, 5.41) is 4.57. The molecule has 17 heavy (non-hydrogen) atoms. The molecular weight excluding hydrogens is 216 g/mol. The van der Waals surface area contributed by atoms with Gasteiger partial charge in [0, 0.05) is 12.8 Å². The van der Waals surface area contributed by atoms with E-state index in [0.29, 0.717) is 11.6 Å². The lowest BCUT2D eigenvalue weighted by atomic mass is 10.1. The maximum absolute atomic E-state index is 11.1. The second kappa shape index (κ2) is 5.45. The second-order valence-corrected chi connectivity index (χ2v) is 4.54. The summed E-state index contributed by atoms with van der Waals surface area (Å²) in [6.45, 7) is 5.06. The lowest BCUT2D eigenvalue weighted by Crippen LogP contribution is -2.08. The van der Waals surface area contributed by atoms with Crippen molar-refractivity contribution in [2.45, 2.75) is 51.7 Å². The monoisotopic (exact) mass is 236 g/mol. The molecule has 0 amide bonds. The summed E-state index contributed by atoms with van der Waals surface area (Å²) in [6.07, 6.45) is 6.86. The lowest BCUT2D eigenvalue weighted by molar-refractivity contribution is 0.103. The number of rotatable bonds is 5. The number of ether oxygens (including phenoxy) is 1. The van der Waals surface area contributed by atoms with Crippen molar-refractivity contribution < 1.29 is 9.53 Å². The Morgan fingerprint density at radius 1 is 1.59 bits per heavy atom. The van der Waals surface area contributed by atoms with E-state index in [1.807, 2.05) is 10.9 Å². The summed E-state index contributed by atoms with van der Waals surface area (Å²) in [6, 6.07) is 0.379. The Bertz CT molecular complexity index is 377. The highest BCUT2D eigenvalue weighted by atomic mass is 16.5. The molecule has 0 radical (unpaired) electrons. The van der Waals surface area contributed by atoms with Crippen LogP contribution in [0.25, 0.3) is 0 Å². The van der Waals surface area contributed by atoms with Crippen LogP contribution < -0.4 is 0 Å². The highest BCUT2D eigenvalue weighted by Crippen LogP contribution is 2.30. The predicted octanol–water partition coefficient (Wildman–Crippen LogP) is 2.91. The molecule has 0 N–H and O–H groups in total. The normalized spacial score (nSPS) is 20.1. The fourth-order valence-corrected chi connectivity index (χ4v) is 2.40. The zero-order valence-corrected chi connectivity index (χ0v) is 10.6. The minimum Gasteiger partial charge on any atom is -0.372 e. The molecule has 0 bridgehead atoms. The molecule has 1 saturated heterocycles. The summed E-state index contributed by atoms with van der Waals surface area (Å²) in [5.74, 6) is 0. The van der Waals surface area contributed by atoms with Crippen LogP contribution in [0.3, 0.4) is 0 Å². The summed E-state index contributed by atoms with van der Waals surface area (Å²) in [7, 11) is 0. The van der Waals surface area contributed by atoms with E-state index >= 15 is 0 Å². The average molecular weight is 236 g/mol. The van der Waals surface area contributed by atoms with Crippen LogP contribution in [0.4, 0.5) is 0 Å². The molecule has 0 saturated carbocycles. The maximum Gasteiger partial charge on any atom is 0.153 e. The molecule has 2 rings (SSSR count). The van der Waals surface area contributed by atoms with Gasteiger partial charge in [-0.25, -0.2) is 0 Å². The summed E-state index contributed by atoms with van der Waals surface area (Å²) in [5.41, 5.74) is 1.51. The number of aromatic nitrogens is 2. The van der Waals surface area contributed by atoms with Crippen molar-refractivity contribution in [1.29, 1.82) is 0 Å². The molecule has 4 heteroatoms. The van der Waals surface area contributed by atoms with Crippen LogP contribution >= 0.6 is 0 Å². The molecular formula is C13H20N2O2. The van der Waals surface area contributed by atoms with Gasteiger partial charge in [0.05, 0.1) is 11.6 Å². The third-order valence-electron chi connectivity index (χ3n) is 3.47. The van der Waals surface area contributed by atoms with Gasteiger partial charge < -0.3 is 4.74 Å². The molecule has 1 aliphatic heterocycles. The molecule has 1 aliphatic rings. The highest BCUT2D eigenvalue weighted by Gasteiger charge is 2.24. The molecule has 94 valence electrons. The van der Waals surface area contributed by atoms with Crippen molar-refractivity contribution in [3.8, 4) is 0 Å². The first-order valence-electron chi connectivity index (χ1n) is 6.46. The van der Waals surface area contributed by atoms with E-state index in [9.17, 15) is 4.79 Å². The fourth-order valence-electron chi connectivity index (χ4n) is 2.40. The first-order chi connectivity index (χ1) is 8.30. The molecule has 1 aromatic heterocycles. The van der Waals surface area contributed by atoms with Gasteiger partial charge >= 0.3 is 0 Å². The van der Waals surface area contributed by atoms with Gasteiger partial charge in [-0.3, -0.25) is 9.48 Å². The predicted molar refractivity (Wildman–Crippen MR) is 65.2 cm³/mol. The van der Waals surface area contributed by atoms with Crippen LogP contribution in [-0.4, -0.2) is 22.7 Å². The number of carbonyl (C=O) groups excluding carboxylic acids is 1. The van der Waals surface area contributed by atoms with Crippen LogP contribution in [-0.2, 0) is 4.74 Å². The van der Waals surface area contributed by atoms with E-state index in [0.717, 1.165) is 44.3 Å². The van der Waals surface area contributed by atoms with Crippen LogP contribution in [0, 0.1) is 0 Å². The van der Waals surface area contributed by atoms with Crippen LogP contribution in [0.2, 0.25) is 0 Å². The number of aldehydes is 1. The number of hydrogen-bond acceptors (Lipinski definition) is 3. The van der Waals surface area contributed by atoms with Gasteiger partial charge in [-0.1, -0.05) is 13.8 Å². The molecule has 1 fully saturated rings. The Balaban J connectivity index is 2.28. The largest absolute Gasteiger partial charge is 0.372 e. The smallest absolute Gasteiger partial charge is 0.153 e. The molecule has 1 aromatic rings. The zero-order chi connectivity index (χ0) is 12.3. The maximum atomic E-state index is 11.1. The van der Waals surface area contributed by atoms with Gasteiger partial charge in [-0.2, -0.15) is 5.10 Å². The Kier molecular flexibility index (Phi) is 3.94. The standard InChI is InChI=1S/C13H20N2O2/c1-3-11(4-2)15-8-10(9-16)13(14-15)12-6-5-7-17-12/h8-9,11-12H,3-7H2,1-2H3. The van der Waals surface area contributed by atoms with Gasteiger partial charge in [0.2, 0.25) is 0 Å². The molecule has 2 heterocycles. The molecule has 1 unspecified atom stereocenters. The molecule has 0 aromatic carbocycles. The summed E-state index contributed by atoms with van der Waals surface area (Å²) >= 11 is 0. The summed E-state index contributed by atoms with van der Waals surface area (Å²) in [4.78, 5) is 11.1. The SMILES string of the molecule is CCC(CC)n1cc(C=O)c(C2CCCO2)n1. The molecule has 4 nitrogen and oxygen atoms in total. The van der Waals surface area contributed by atoms with Crippen LogP contribution in [0.1, 0.15) is 67.7 Å². The first kappa shape index (κ1) is 12.3. The number of nitrogens with zero attached hydrogens (tertiary/aromatic N) is 2. The third kappa shape index (κ3) is 2.41. The summed E-state index contributed by atoms with van der Waals surface area (Å²) < 4.78 is 7.54. The van der Waals surface area contributed by atoms with Crippen molar-refractivity contribution in [2.24, 2.45) is 0 Å². The van der Waals surface area contributed by atoms with Crippen molar-refractivity contribution in [3.05, 3.63) is 17.5 Å². The van der Waals surface area contributed by atoms with Crippen LogP contribution in [0.5, 0.6) is 0 Å². The fraction of sp³-hybridized carbons (Fsp3) is 0.692. The molecule has 1 atom stereocenters. The zero-order valence-electron chi connectivity index (χ0n) is 10.6. The second-order valence-electron chi connectivity index (χ2n) is 4.54. The Morgan fingerprint density at radius 3 is 2.88 bits per heavy atom. The van der Waals surface area contributed by atoms with Gasteiger partial charge in [-0.15, -0.1) is 0 Å². The number of carbonyl (C=O) groups is 1. The average Bonchev–Trinajstić information content (AvgIpc) is 2.98.